The van der Waals surface area contributed by atoms with E-state index in [0.717, 1.165) is 0 Å². The molecule has 0 saturated carbocycles. The van der Waals surface area contributed by atoms with Gasteiger partial charge < -0.3 is 93.1 Å². The quantitative estimate of drug-likeness (QED) is 0.270. The SMILES string of the molecule is [O-]P([O-])[O-].[O-]P([O-])[O-].[O-]P([O-])[O-].[O-]P([O-])[O-].[Si+4].[Si+4].[Si+4]. The summed E-state index contributed by atoms with van der Waals surface area (Å²) in [5.41, 5.74) is 0. The van der Waals surface area contributed by atoms with Gasteiger partial charge in [-0.25, -0.2) is 0 Å². The van der Waals surface area contributed by atoms with Gasteiger partial charge in [-0.1, -0.05) is 0 Å². The van der Waals surface area contributed by atoms with Crippen molar-refractivity contribution in [2.45, 2.75) is 0 Å². The molecular weight excluding hydrogens is 400 g/mol. The molecule has 0 unspecified atom stereocenters. The summed E-state index contributed by atoms with van der Waals surface area (Å²) in [6.45, 7) is 0. The van der Waals surface area contributed by atoms with Gasteiger partial charge in [-0.05, 0) is 0 Å². The van der Waals surface area contributed by atoms with Crippen molar-refractivity contribution in [3.63, 3.8) is 0 Å². The zero-order valence-corrected chi connectivity index (χ0v) is 14.8. The number of hydrogen-bond acceptors (Lipinski definition) is 12. The summed E-state index contributed by atoms with van der Waals surface area (Å²) < 4.78 is 0. The van der Waals surface area contributed by atoms with Crippen molar-refractivity contribution >= 4 is 67.3 Å². The second kappa shape index (κ2) is 36.8. The Hall–Kier alpha value is 1.89. The Morgan fingerprint density at radius 2 is 0.263 bits per heavy atom. The summed E-state index contributed by atoms with van der Waals surface area (Å²) in [4.78, 5) is 102. The maximum Gasteiger partial charge on any atom is 4.00 e. The van der Waals surface area contributed by atoms with Crippen LogP contribution >= 0.6 is 34.4 Å². The van der Waals surface area contributed by atoms with Gasteiger partial charge in [0.25, 0.3) is 0 Å². The molecule has 104 valence electrons. The fourth-order valence-corrected chi connectivity index (χ4v) is 0. The molecule has 0 heterocycles. The first kappa shape index (κ1) is 42.8. The van der Waals surface area contributed by atoms with Crippen LogP contribution in [-0.2, 0) is 0 Å². The molecule has 19 heavy (non-hydrogen) atoms. The van der Waals surface area contributed by atoms with E-state index in [0.29, 0.717) is 0 Å². The van der Waals surface area contributed by atoms with E-state index in [2.05, 4.69) is 0 Å². The summed E-state index contributed by atoms with van der Waals surface area (Å²) in [5, 5.41) is 0. The van der Waals surface area contributed by atoms with Gasteiger partial charge in [-0.15, -0.1) is 0 Å². The summed E-state index contributed by atoms with van der Waals surface area (Å²) in [7, 11) is -13.5. The van der Waals surface area contributed by atoms with Gasteiger partial charge in [-0.3, -0.25) is 0 Å². The molecule has 0 N–H and O–H groups in total. The van der Waals surface area contributed by atoms with Crippen LogP contribution in [0, 0.1) is 0 Å². The van der Waals surface area contributed by atoms with Crippen molar-refractivity contribution in [3.05, 3.63) is 0 Å². The first-order chi connectivity index (χ1) is 6.93. The van der Waals surface area contributed by atoms with E-state index in [1.807, 2.05) is 0 Å². The number of rotatable bonds is 0. The predicted molar refractivity (Wildman–Crippen MR) is 44.9 cm³/mol. The van der Waals surface area contributed by atoms with Crippen LogP contribution in [0.1, 0.15) is 0 Å². The topological polar surface area (TPSA) is 277 Å². The van der Waals surface area contributed by atoms with Gasteiger partial charge >= 0.3 is 32.9 Å². The van der Waals surface area contributed by atoms with Crippen molar-refractivity contribution in [1.82, 2.24) is 0 Å². The Morgan fingerprint density at radius 1 is 0.263 bits per heavy atom. The summed E-state index contributed by atoms with van der Waals surface area (Å²) in [6, 6.07) is 0. The molecule has 0 bridgehead atoms. The van der Waals surface area contributed by atoms with Gasteiger partial charge in [0.15, 0.2) is 0 Å². The largest absolute Gasteiger partial charge is 4.00 e. The molecule has 0 aliphatic rings. The molecule has 0 radical (unpaired) electrons. The Bertz CT molecular complexity index is 68.0. The summed E-state index contributed by atoms with van der Waals surface area (Å²) >= 11 is 0. The van der Waals surface area contributed by atoms with Crippen LogP contribution < -0.4 is 58.7 Å². The molecule has 12 nitrogen and oxygen atoms in total. The van der Waals surface area contributed by atoms with E-state index < -0.39 is 34.4 Å². The third-order valence-corrected chi connectivity index (χ3v) is 0. The normalized spacial score (nSPS) is 7.58. The minimum Gasteiger partial charge on any atom is -0.854 e. The van der Waals surface area contributed by atoms with Crippen LogP contribution in [0.2, 0.25) is 0 Å². The molecule has 0 aliphatic carbocycles. The Balaban J connectivity index is -0.0000000192. The van der Waals surface area contributed by atoms with Crippen molar-refractivity contribution in [2.75, 3.05) is 0 Å². The van der Waals surface area contributed by atoms with E-state index >= 15 is 0 Å². The van der Waals surface area contributed by atoms with E-state index in [9.17, 15) is 0 Å². The molecule has 0 fully saturated rings. The molecular formula is O12P4Si3. The van der Waals surface area contributed by atoms with Crippen molar-refractivity contribution < 1.29 is 58.7 Å². The molecule has 0 rings (SSSR count). The molecule has 0 aromatic carbocycles. The average Bonchev–Trinajstić information content (AvgIpc) is 1.76. The molecule has 0 atom stereocenters. The summed E-state index contributed by atoms with van der Waals surface area (Å²) in [5.74, 6) is 0. The zero-order valence-electron chi connectivity index (χ0n) is 8.19. The second-order valence-electron chi connectivity index (χ2n) is 0.894. The predicted octanol–water partition coefficient (Wildman–Crippen LogP) is -12.0. The maximum atomic E-state index is 8.48. The molecule has 0 spiro atoms. The standard InChI is InChI=1S/4O3P.3Si/c4*1-4(2)3;;;/q4*-3;3*+4. The smallest absolute Gasteiger partial charge is 0.854 e. The summed E-state index contributed by atoms with van der Waals surface area (Å²) in [6.07, 6.45) is 0. The van der Waals surface area contributed by atoms with Crippen LogP contribution in [0.5, 0.6) is 0 Å². The molecule has 0 amide bonds. The van der Waals surface area contributed by atoms with Crippen LogP contribution in [-0.4, -0.2) is 32.9 Å². The third kappa shape index (κ3) is 1780. The zero-order chi connectivity index (χ0) is 14.3. The van der Waals surface area contributed by atoms with Crippen LogP contribution in [0.3, 0.4) is 0 Å². The fourth-order valence-electron chi connectivity index (χ4n) is 0. The number of hydrogen-bond donors (Lipinski definition) is 0. The van der Waals surface area contributed by atoms with Gasteiger partial charge in [-0.2, -0.15) is 0 Å². The molecule has 0 saturated heterocycles. The van der Waals surface area contributed by atoms with E-state index in [1.54, 1.807) is 0 Å². The van der Waals surface area contributed by atoms with Gasteiger partial charge in [0.2, 0.25) is 0 Å². The van der Waals surface area contributed by atoms with E-state index in [-0.39, 0.29) is 32.9 Å². The minimum atomic E-state index is -3.37. The first-order valence-electron chi connectivity index (χ1n) is 2.19. The van der Waals surface area contributed by atoms with Crippen molar-refractivity contribution in [3.8, 4) is 0 Å². The Labute approximate surface area is 126 Å². The fraction of sp³-hybridized carbons (Fsp3) is 0. The Morgan fingerprint density at radius 3 is 0.263 bits per heavy atom. The van der Waals surface area contributed by atoms with E-state index in [1.165, 1.54) is 0 Å². The monoisotopic (exact) mass is 400 g/mol. The molecule has 19 heteroatoms. The molecule has 0 aromatic rings. The van der Waals surface area contributed by atoms with Gasteiger partial charge in [0, 0.05) is 0 Å². The first-order valence-corrected chi connectivity index (χ1v) is 6.57. The van der Waals surface area contributed by atoms with Gasteiger partial charge in [0.05, 0.1) is 0 Å². The van der Waals surface area contributed by atoms with Crippen LogP contribution in [0.25, 0.3) is 0 Å². The molecule has 0 aromatic heterocycles. The van der Waals surface area contributed by atoms with Gasteiger partial charge in [0.1, 0.15) is 0 Å². The maximum absolute atomic E-state index is 8.48. The van der Waals surface area contributed by atoms with Crippen LogP contribution in [0.4, 0.5) is 0 Å². The average molecular weight is 400 g/mol. The Kier molecular flexibility index (Phi) is 82.9. The third-order valence-electron chi connectivity index (χ3n) is 0. The minimum absolute atomic E-state index is 0. The molecule has 0 aliphatic heterocycles. The van der Waals surface area contributed by atoms with Crippen molar-refractivity contribution in [2.24, 2.45) is 0 Å². The van der Waals surface area contributed by atoms with Crippen LogP contribution in [0.15, 0.2) is 0 Å². The van der Waals surface area contributed by atoms with E-state index in [4.69, 9.17) is 58.7 Å². The van der Waals surface area contributed by atoms with Crippen molar-refractivity contribution in [1.29, 1.82) is 0 Å². The second-order valence-corrected chi connectivity index (χ2v) is 2.68.